The largest absolute Gasteiger partial charge is 0.469 e. The summed E-state index contributed by atoms with van der Waals surface area (Å²) >= 11 is 0.772. The molecule has 1 aromatic carbocycles. The van der Waals surface area contributed by atoms with Crippen LogP contribution in [0, 0.1) is 5.92 Å². The molecule has 0 amide bonds. The number of hydrogen-bond donors (Lipinski definition) is 5. The molecule has 17 heteroatoms. The Bertz CT molecular complexity index is 1400. The van der Waals surface area contributed by atoms with Crippen LogP contribution in [0.25, 0.3) is 11.2 Å². The van der Waals surface area contributed by atoms with Gasteiger partial charge in [0.1, 0.15) is 12.4 Å². The summed E-state index contributed by atoms with van der Waals surface area (Å²) in [5.41, 5.74) is -0.169. The molecule has 1 aliphatic carbocycles. The van der Waals surface area contributed by atoms with Crippen molar-refractivity contribution >= 4 is 37.2 Å². The predicted molar refractivity (Wildman–Crippen MR) is 136 cm³/mol. The number of imidazole rings is 1. The van der Waals surface area contributed by atoms with Gasteiger partial charge in [-0.3, -0.25) is 13.9 Å². The molecule has 1 aliphatic rings. The van der Waals surface area contributed by atoms with Crippen molar-refractivity contribution < 1.29 is 43.1 Å². The first-order valence-corrected chi connectivity index (χ1v) is 16.2. The summed E-state index contributed by atoms with van der Waals surface area (Å²) in [6.45, 7) is -3.85. The summed E-state index contributed by atoms with van der Waals surface area (Å²) in [7, 11) is -4.75. The molecule has 4 rings (SSSR count). The Labute approximate surface area is 220 Å². The van der Waals surface area contributed by atoms with Crippen molar-refractivity contribution in [3.63, 3.8) is 0 Å². The second-order valence-corrected chi connectivity index (χ2v) is 13.8. The third kappa shape index (κ3) is 7.19. The molecule has 1 fully saturated rings. The summed E-state index contributed by atoms with van der Waals surface area (Å²) in [6.07, 6.45) is 1.02. The molecule has 14 nitrogen and oxygen atoms in total. The molecule has 5 atom stereocenters. The van der Waals surface area contributed by atoms with Crippen LogP contribution in [0.1, 0.15) is 25.3 Å². The number of phosphoric ester groups is 1. The van der Waals surface area contributed by atoms with Gasteiger partial charge in [0.2, 0.25) is 0 Å². The van der Waals surface area contributed by atoms with Crippen molar-refractivity contribution in [2.75, 3.05) is 13.2 Å². The van der Waals surface area contributed by atoms with Gasteiger partial charge in [-0.15, -0.1) is 0 Å². The summed E-state index contributed by atoms with van der Waals surface area (Å²) in [5.74, 6) is -0.801. The second-order valence-electron chi connectivity index (χ2n) is 8.81. The Morgan fingerprint density at radius 1 is 1.00 bits per heavy atom. The van der Waals surface area contributed by atoms with E-state index in [0.29, 0.717) is 29.9 Å². The molecule has 0 spiro atoms. The van der Waals surface area contributed by atoms with Gasteiger partial charge >= 0.3 is 14.6 Å². The van der Waals surface area contributed by atoms with Crippen molar-refractivity contribution in [2.24, 2.45) is 5.92 Å². The zero-order valence-electron chi connectivity index (χ0n) is 20.0. The number of nitrogens with zero attached hydrogens (tertiary/aromatic N) is 4. The van der Waals surface area contributed by atoms with Gasteiger partial charge in [0.15, 0.2) is 11.2 Å². The summed E-state index contributed by atoms with van der Waals surface area (Å²) < 4.78 is 35.7. The molecule has 2 aromatic heterocycles. The number of unbranched alkanes of at least 4 members (excludes halogenated alkanes) is 1. The number of aryl methyl sites for hydroxylation is 1. The lowest BCUT2D eigenvalue weighted by Crippen LogP contribution is -2.34. The fourth-order valence-corrected chi connectivity index (χ4v) is 7.18. The average molecular weight is 590 g/mol. The molecule has 5 N–H and O–H groups in total. The van der Waals surface area contributed by atoms with E-state index < -0.39 is 51.0 Å². The standard InChI is InChI=1S/C21H28N4O10P2S/c26-18-14(11-35-36(29,30)31)10-16(19(18)27)25-13-23-20-17(21(25)28)22-12-24(20)8-4-5-9-34-37(32,33)38-15-6-2-1-3-7-15/h1-3,6-7,12-14,16,18-19,26-27H,4-5,8-11H2,(H,32,33)(H2,29,30,31)/t14-,16-,18-,19+/m1/s1. The van der Waals surface area contributed by atoms with Crippen LogP contribution in [-0.4, -0.2) is 69.4 Å². The highest BCUT2D eigenvalue weighted by molar-refractivity contribution is 8.54. The predicted octanol–water partition coefficient (Wildman–Crippen LogP) is 1.67. The monoisotopic (exact) mass is 590 g/mol. The second kappa shape index (κ2) is 12.1. The first-order valence-electron chi connectivity index (χ1n) is 11.7. The maximum atomic E-state index is 13.1. The smallest absolute Gasteiger partial charge is 0.390 e. The zero-order chi connectivity index (χ0) is 27.5. The molecule has 38 heavy (non-hydrogen) atoms. The van der Waals surface area contributed by atoms with E-state index in [1.807, 2.05) is 6.07 Å². The van der Waals surface area contributed by atoms with E-state index in [-0.39, 0.29) is 18.5 Å². The maximum absolute atomic E-state index is 13.1. The highest BCUT2D eigenvalue weighted by Crippen LogP contribution is 2.59. The van der Waals surface area contributed by atoms with E-state index in [1.165, 1.54) is 12.7 Å². The number of rotatable bonds is 12. The van der Waals surface area contributed by atoms with Gasteiger partial charge in [-0.2, -0.15) is 0 Å². The first kappa shape index (κ1) is 29.1. The quantitative estimate of drug-likeness (QED) is 0.151. The maximum Gasteiger partial charge on any atom is 0.469 e. The van der Waals surface area contributed by atoms with Crippen molar-refractivity contribution in [1.82, 2.24) is 19.1 Å². The Morgan fingerprint density at radius 3 is 2.45 bits per heavy atom. The van der Waals surface area contributed by atoms with Crippen molar-refractivity contribution in [3.05, 3.63) is 53.3 Å². The minimum atomic E-state index is -4.75. The SMILES string of the molecule is O=c1c2ncn(CCCCOP(=O)(O)Sc3ccccc3)c2ncn1[C@@H]1C[C@H](COP(=O)(O)O)[C@@H](O)[C@H]1O. The molecular formula is C21H28N4O10P2S. The minimum Gasteiger partial charge on any atom is -0.390 e. The van der Waals surface area contributed by atoms with E-state index in [1.54, 1.807) is 28.8 Å². The van der Waals surface area contributed by atoms with Gasteiger partial charge in [0.05, 0.1) is 31.7 Å². The molecule has 2 heterocycles. The number of aliphatic hydroxyl groups is 2. The fraction of sp³-hybridized carbons (Fsp3) is 0.476. The fourth-order valence-electron chi connectivity index (χ4n) is 4.29. The van der Waals surface area contributed by atoms with Gasteiger partial charge in [-0.05, 0) is 42.8 Å². The Morgan fingerprint density at radius 2 is 1.74 bits per heavy atom. The van der Waals surface area contributed by atoms with Crippen LogP contribution in [0.2, 0.25) is 0 Å². The van der Waals surface area contributed by atoms with E-state index >= 15 is 0 Å². The number of phosphoric acid groups is 1. The Kier molecular flexibility index (Phi) is 9.26. The summed E-state index contributed by atoms with van der Waals surface area (Å²) in [4.78, 5) is 49.9. The Hall–Kier alpha value is -1.90. The van der Waals surface area contributed by atoms with Crippen LogP contribution in [0.4, 0.5) is 0 Å². The molecule has 0 bridgehead atoms. The third-order valence-electron chi connectivity index (χ3n) is 6.15. The van der Waals surface area contributed by atoms with Gasteiger partial charge < -0.3 is 34.0 Å². The van der Waals surface area contributed by atoms with Crippen LogP contribution in [-0.2, 0) is 24.7 Å². The summed E-state index contributed by atoms with van der Waals surface area (Å²) in [5, 5.41) is 20.7. The molecule has 0 radical (unpaired) electrons. The molecule has 1 unspecified atom stereocenters. The number of aromatic nitrogens is 4. The lowest BCUT2D eigenvalue weighted by atomic mass is 10.1. The first-order chi connectivity index (χ1) is 18.0. The molecule has 0 saturated heterocycles. The third-order valence-corrected chi connectivity index (χ3v) is 9.50. The van der Waals surface area contributed by atoms with Crippen LogP contribution < -0.4 is 5.56 Å². The van der Waals surface area contributed by atoms with E-state index in [0.717, 1.165) is 15.9 Å². The minimum absolute atomic E-state index is 0.0351. The van der Waals surface area contributed by atoms with Gasteiger partial charge in [-0.1, -0.05) is 18.2 Å². The van der Waals surface area contributed by atoms with Crippen LogP contribution in [0.15, 0.2) is 52.7 Å². The topological polar surface area (TPSA) is 206 Å². The number of fused-ring (bicyclic) bond motifs is 1. The van der Waals surface area contributed by atoms with Crippen LogP contribution in [0.3, 0.4) is 0 Å². The molecule has 208 valence electrons. The average Bonchev–Trinajstić information content (AvgIpc) is 3.39. The highest BCUT2D eigenvalue weighted by atomic mass is 32.7. The van der Waals surface area contributed by atoms with Crippen LogP contribution in [0.5, 0.6) is 0 Å². The van der Waals surface area contributed by atoms with Gasteiger partial charge in [-0.25, -0.2) is 19.1 Å². The van der Waals surface area contributed by atoms with Gasteiger partial charge in [0.25, 0.3) is 5.56 Å². The van der Waals surface area contributed by atoms with Crippen LogP contribution >= 0.6 is 26.0 Å². The Balaban J connectivity index is 1.34. The number of aliphatic hydroxyl groups excluding tert-OH is 2. The zero-order valence-corrected chi connectivity index (χ0v) is 22.6. The van der Waals surface area contributed by atoms with Gasteiger partial charge in [0, 0.05) is 17.4 Å². The lowest BCUT2D eigenvalue weighted by Gasteiger charge is -2.18. The molecular weight excluding hydrogens is 562 g/mol. The van der Waals surface area contributed by atoms with Crippen molar-refractivity contribution in [1.29, 1.82) is 0 Å². The molecule has 1 saturated carbocycles. The van der Waals surface area contributed by atoms with Crippen molar-refractivity contribution in [3.8, 4) is 0 Å². The molecule has 0 aliphatic heterocycles. The van der Waals surface area contributed by atoms with E-state index in [2.05, 4.69) is 14.5 Å². The number of hydrogen-bond acceptors (Lipinski definition) is 10. The molecule has 3 aromatic rings. The lowest BCUT2D eigenvalue weighted by molar-refractivity contribution is -0.00449. The highest BCUT2D eigenvalue weighted by Gasteiger charge is 2.43. The van der Waals surface area contributed by atoms with E-state index in [9.17, 15) is 29.0 Å². The number of benzene rings is 1. The summed E-state index contributed by atoms with van der Waals surface area (Å²) in [6, 6.07) is 7.89. The van der Waals surface area contributed by atoms with Crippen molar-refractivity contribution in [2.45, 2.75) is 49.0 Å². The normalized spacial score (nSPS) is 23.6. The van der Waals surface area contributed by atoms with E-state index in [4.69, 9.17) is 14.3 Å².